The molecule has 3 aliphatic rings. The normalized spacial score (nSPS) is 32.2. The second kappa shape index (κ2) is 8.08. The number of amides is 2. The van der Waals surface area contributed by atoms with Gasteiger partial charge in [-0.25, -0.2) is 14.5 Å². The van der Waals surface area contributed by atoms with Gasteiger partial charge >= 0.3 is 5.97 Å². The van der Waals surface area contributed by atoms with Crippen LogP contribution in [0.15, 0.2) is 18.3 Å². The number of nitrogens with two attached hydrogens (primary N) is 1. The predicted molar refractivity (Wildman–Crippen MR) is 131 cm³/mol. The number of pyridine rings is 1. The number of nitrogens with zero attached hydrogens (tertiary/aromatic N) is 4. The molecule has 5 rings (SSSR count). The van der Waals surface area contributed by atoms with Crippen LogP contribution in [-0.2, 0) is 20.9 Å². The Labute approximate surface area is 214 Å². The van der Waals surface area contributed by atoms with Crippen molar-refractivity contribution in [1.29, 1.82) is 0 Å². The number of Topliss-reactive ketones (excluding diaryl/α,β-unsaturated/α-hetero) is 1. The number of hydrogen-bond donors (Lipinski definition) is 3. The average Bonchev–Trinajstić information content (AvgIpc) is 3.20. The minimum absolute atomic E-state index is 0.0385. The molecular formula is C26H33N5O6. The topological polar surface area (TPSA) is 169 Å². The van der Waals surface area contributed by atoms with E-state index in [4.69, 9.17) is 5.73 Å². The molecule has 11 heteroatoms. The number of primary amides is 1. The van der Waals surface area contributed by atoms with Crippen LogP contribution in [0.4, 0.5) is 0 Å². The number of carbonyl (C=O) groups excluding carboxylic acids is 3. The number of carbonyl (C=O) groups is 4. The van der Waals surface area contributed by atoms with Crippen LogP contribution in [0.3, 0.4) is 0 Å². The van der Waals surface area contributed by atoms with E-state index in [1.807, 2.05) is 13.8 Å². The van der Waals surface area contributed by atoms with Gasteiger partial charge in [0, 0.05) is 18.5 Å². The minimum Gasteiger partial charge on any atom is -0.480 e. The van der Waals surface area contributed by atoms with E-state index in [0.717, 1.165) is 6.42 Å². The van der Waals surface area contributed by atoms with Gasteiger partial charge < -0.3 is 20.8 Å². The van der Waals surface area contributed by atoms with Crippen molar-refractivity contribution in [3.05, 3.63) is 24.0 Å². The quantitative estimate of drug-likeness (QED) is 0.470. The molecule has 2 saturated carbocycles. The van der Waals surface area contributed by atoms with Crippen molar-refractivity contribution in [2.75, 3.05) is 6.61 Å². The van der Waals surface area contributed by atoms with E-state index >= 15 is 0 Å². The summed E-state index contributed by atoms with van der Waals surface area (Å²) in [4.78, 5) is 57.6. The first kappa shape index (κ1) is 25.3. The Morgan fingerprint density at radius 2 is 1.92 bits per heavy atom. The molecule has 2 aromatic heterocycles. The Morgan fingerprint density at radius 1 is 1.19 bits per heavy atom. The standard InChI is InChI=1S/C26H33N5O6/c1-15(33)19-16-6-4-9-28-20(16)30(29-19)11-18(34)31-17(21(35)36)10-24(14-32)13-26(24,31)25(22(27)37)8-5-7-23(2,3)12-25/h4,6,9,17,32H,5,7-8,10-14H2,1-3H3,(H2,27,37)(H,35,36)/t17-,24-,25-,26-/m0/s1. The Bertz CT molecular complexity index is 1340. The summed E-state index contributed by atoms with van der Waals surface area (Å²) in [6.07, 6.45) is 4.27. The molecular weight excluding hydrogens is 478 g/mol. The number of aliphatic carboxylic acids is 1. The molecule has 0 radical (unpaired) electrons. The Hall–Kier alpha value is -3.34. The molecule has 0 bridgehead atoms. The van der Waals surface area contributed by atoms with Crippen LogP contribution in [0.2, 0.25) is 0 Å². The lowest BCUT2D eigenvalue weighted by atomic mass is 9.57. The number of hydrogen-bond acceptors (Lipinski definition) is 7. The summed E-state index contributed by atoms with van der Waals surface area (Å²) in [6.45, 7) is 4.75. The number of rotatable bonds is 7. The van der Waals surface area contributed by atoms with E-state index < -0.39 is 40.2 Å². The average molecular weight is 512 g/mol. The number of ketones is 1. The van der Waals surface area contributed by atoms with Gasteiger partial charge in [-0.1, -0.05) is 20.3 Å². The maximum Gasteiger partial charge on any atom is 0.326 e. The zero-order valence-electron chi connectivity index (χ0n) is 21.4. The highest BCUT2D eigenvalue weighted by molar-refractivity contribution is 6.04. The third kappa shape index (κ3) is 3.36. The highest BCUT2D eigenvalue weighted by Gasteiger charge is 2.85. The zero-order chi connectivity index (χ0) is 27.0. The molecule has 1 saturated heterocycles. The zero-order valence-corrected chi connectivity index (χ0v) is 21.4. The predicted octanol–water partition coefficient (Wildman–Crippen LogP) is 1.51. The molecule has 4 N–H and O–H groups in total. The van der Waals surface area contributed by atoms with Crippen LogP contribution in [-0.4, -0.2) is 71.6 Å². The van der Waals surface area contributed by atoms with E-state index in [1.165, 1.54) is 22.7 Å². The molecule has 0 spiro atoms. The maximum absolute atomic E-state index is 14.1. The fourth-order valence-electron chi connectivity index (χ4n) is 7.71. The largest absolute Gasteiger partial charge is 0.480 e. The van der Waals surface area contributed by atoms with E-state index in [9.17, 15) is 29.4 Å². The van der Waals surface area contributed by atoms with E-state index in [-0.39, 0.29) is 36.5 Å². The van der Waals surface area contributed by atoms with Gasteiger partial charge in [-0.05, 0) is 49.7 Å². The number of piperidine rings is 1. The fraction of sp³-hybridized carbons (Fsp3) is 0.615. The third-order valence-electron chi connectivity index (χ3n) is 9.14. The smallest absolute Gasteiger partial charge is 0.326 e. The van der Waals surface area contributed by atoms with Crippen molar-refractivity contribution in [3.63, 3.8) is 0 Å². The molecule has 2 aromatic rings. The summed E-state index contributed by atoms with van der Waals surface area (Å²) in [7, 11) is 0. The summed E-state index contributed by atoms with van der Waals surface area (Å²) < 4.78 is 1.31. The molecule has 11 nitrogen and oxygen atoms in total. The molecule has 3 fully saturated rings. The van der Waals surface area contributed by atoms with E-state index in [1.54, 1.807) is 12.1 Å². The van der Waals surface area contributed by atoms with Crippen molar-refractivity contribution in [3.8, 4) is 0 Å². The first-order valence-corrected chi connectivity index (χ1v) is 12.6. The number of fused-ring (bicyclic) bond motifs is 2. The summed E-state index contributed by atoms with van der Waals surface area (Å²) in [5, 5.41) is 25.5. The number of carboxylic acid groups (broad SMARTS) is 1. The number of carboxylic acids is 1. The monoisotopic (exact) mass is 511 g/mol. The van der Waals surface area contributed by atoms with Gasteiger partial charge in [0.05, 0.1) is 22.9 Å². The SMILES string of the molecule is CC(=O)c1nn(CC(=O)N2[C@H](C(=O)O)C[C@@]3(CO)C[C@]23[C@@]2(C(N)=O)CCCC(C)(C)C2)c2ncccc12. The Morgan fingerprint density at radius 3 is 2.51 bits per heavy atom. The number of aliphatic hydroxyl groups is 1. The van der Waals surface area contributed by atoms with Crippen molar-refractivity contribution in [2.45, 2.75) is 77.4 Å². The summed E-state index contributed by atoms with van der Waals surface area (Å²) in [5.74, 6) is -2.61. The molecule has 1 aliphatic heterocycles. The lowest BCUT2D eigenvalue weighted by Gasteiger charge is -2.51. The van der Waals surface area contributed by atoms with Crippen LogP contribution in [0.5, 0.6) is 0 Å². The van der Waals surface area contributed by atoms with Gasteiger partial charge in [0.1, 0.15) is 18.3 Å². The molecule has 2 aliphatic carbocycles. The van der Waals surface area contributed by atoms with Crippen LogP contribution in [0.1, 0.15) is 69.8 Å². The molecule has 0 unspecified atom stereocenters. The summed E-state index contributed by atoms with van der Waals surface area (Å²) in [6, 6.07) is 2.13. The first-order chi connectivity index (χ1) is 17.3. The second-order valence-electron chi connectivity index (χ2n) is 11.9. The van der Waals surface area contributed by atoms with Gasteiger partial charge in [-0.2, -0.15) is 5.10 Å². The van der Waals surface area contributed by atoms with Gasteiger partial charge in [-0.3, -0.25) is 14.4 Å². The fourth-order valence-corrected chi connectivity index (χ4v) is 7.71. The number of aromatic nitrogens is 3. The van der Waals surface area contributed by atoms with Crippen LogP contribution >= 0.6 is 0 Å². The molecule has 4 atom stereocenters. The van der Waals surface area contributed by atoms with Crippen LogP contribution in [0.25, 0.3) is 11.0 Å². The van der Waals surface area contributed by atoms with Crippen molar-refractivity contribution in [1.82, 2.24) is 19.7 Å². The summed E-state index contributed by atoms with van der Waals surface area (Å²) >= 11 is 0. The summed E-state index contributed by atoms with van der Waals surface area (Å²) in [5.41, 5.74) is 3.04. The highest BCUT2D eigenvalue weighted by Crippen LogP contribution is 2.77. The maximum atomic E-state index is 14.1. The van der Waals surface area contributed by atoms with Gasteiger partial charge in [0.15, 0.2) is 11.4 Å². The molecule has 3 heterocycles. The molecule has 37 heavy (non-hydrogen) atoms. The second-order valence-corrected chi connectivity index (χ2v) is 11.9. The third-order valence-corrected chi connectivity index (χ3v) is 9.14. The lowest BCUT2D eigenvalue weighted by Crippen LogP contribution is -2.63. The Balaban J connectivity index is 1.63. The van der Waals surface area contributed by atoms with Crippen molar-refractivity contribution >= 4 is 34.6 Å². The number of aliphatic hydroxyl groups excluding tert-OH is 1. The highest BCUT2D eigenvalue weighted by atomic mass is 16.4. The van der Waals surface area contributed by atoms with Gasteiger partial charge in [0.25, 0.3) is 0 Å². The van der Waals surface area contributed by atoms with Gasteiger partial charge in [0.2, 0.25) is 11.8 Å². The lowest BCUT2D eigenvalue weighted by molar-refractivity contribution is -0.160. The molecule has 0 aromatic carbocycles. The number of likely N-dealkylation sites (tertiary alicyclic amines) is 1. The Kier molecular flexibility index (Phi) is 5.53. The van der Waals surface area contributed by atoms with E-state index in [0.29, 0.717) is 36.7 Å². The van der Waals surface area contributed by atoms with Gasteiger partial charge in [-0.15, -0.1) is 0 Å². The molecule has 2 amide bonds. The first-order valence-electron chi connectivity index (χ1n) is 12.6. The van der Waals surface area contributed by atoms with Crippen molar-refractivity contribution in [2.24, 2.45) is 22.0 Å². The van der Waals surface area contributed by atoms with Crippen LogP contribution in [0, 0.1) is 16.2 Å². The van der Waals surface area contributed by atoms with Crippen molar-refractivity contribution < 1.29 is 29.4 Å². The van der Waals surface area contributed by atoms with Crippen LogP contribution < -0.4 is 5.73 Å². The molecule has 198 valence electrons. The van der Waals surface area contributed by atoms with E-state index in [2.05, 4.69) is 10.1 Å². The minimum atomic E-state index is -1.23.